The van der Waals surface area contributed by atoms with Crippen molar-refractivity contribution >= 4 is 21.7 Å². The molecule has 1 aliphatic heterocycles. The average molecular weight is 401 g/mol. The highest BCUT2D eigenvalue weighted by Crippen LogP contribution is 2.22. The number of hydrogen-bond donors (Lipinski definition) is 0. The van der Waals surface area contributed by atoms with Gasteiger partial charge >= 0.3 is 5.97 Å². The van der Waals surface area contributed by atoms with E-state index in [0.717, 1.165) is 6.07 Å². The minimum Gasteiger partial charge on any atom is -0.494 e. The van der Waals surface area contributed by atoms with Crippen LogP contribution >= 0.6 is 0 Å². The smallest absolute Gasteiger partial charge is 0.338 e. The van der Waals surface area contributed by atoms with E-state index in [2.05, 4.69) is 0 Å². The van der Waals surface area contributed by atoms with E-state index in [9.17, 15) is 22.4 Å². The number of benzene rings is 1. The minimum absolute atomic E-state index is 0.00647. The molecule has 0 bridgehead atoms. The zero-order valence-electron chi connectivity index (χ0n) is 15.6. The number of sulfone groups is 1. The van der Waals surface area contributed by atoms with Crippen LogP contribution in [0.1, 0.15) is 37.0 Å². The molecule has 7 nitrogen and oxygen atoms in total. The van der Waals surface area contributed by atoms with Gasteiger partial charge in [-0.25, -0.2) is 17.6 Å². The van der Waals surface area contributed by atoms with Crippen LogP contribution in [-0.4, -0.2) is 62.5 Å². The molecule has 2 rings (SSSR count). The number of carbonyl (C=O) groups is 2. The summed E-state index contributed by atoms with van der Waals surface area (Å²) in [6.45, 7) is 3.18. The number of halogens is 1. The van der Waals surface area contributed by atoms with Crippen LogP contribution in [0.4, 0.5) is 4.39 Å². The lowest BCUT2D eigenvalue weighted by Crippen LogP contribution is -2.48. The molecular formula is C18H24FNO6S. The Labute approximate surface area is 158 Å². The van der Waals surface area contributed by atoms with Crippen molar-refractivity contribution in [2.24, 2.45) is 0 Å². The van der Waals surface area contributed by atoms with Gasteiger partial charge in [0.15, 0.2) is 28.0 Å². The molecule has 150 valence electrons. The van der Waals surface area contributed by atoms with Gasteiger partial charge in [-0.15, -0.1) is 0 Å². The summed E-state index contributed by atoms with van der Waals surface area (Å²) in [4.78, 5) is 26.2. The van der Waals surface area contributed by atoms with Gasteiger partial charge in [0.1, 0.15) is 0 Å². The van der Waals surface area contributed by atoms with E-state index in [1.807, 2.05) is 13.8 Å². The van der Waals surface area contributed by atoms with E-state index in [-0.39, 0.29) is 28.9 Å². The summed E-state index contributed by atoms with van der Waals surface area (Å²) >= 11 is 0. The molecule has 9 heteroatoms. The lowest BCUT2D eigenvalue weighted by Gasteiger charge is -2.33. The quantitative estimate of drug-likeness (QED) is 0.648. The van der Waals surface area contributed by atoms with Gasteiger partial charge in [0, 0.05) is 12.1 Å². The van der Waals surface area contributed by atoms with Crippen molar-refractivity contribution in [1.29, 1.82) is 0 Å². The molecule has 1 heterocycles. The third kappa shape index (κ3) is 5.18. The summed E-state index contributed by atoms with van der Waals surface area (Å²) in [6, 6.07) is 3.00. The molecule has 0 aromatic heterocycles. The largest absolute Gasteiger partial charge is 0.494 e. The Morgan fingerprint density at radius 1 is 1.37 bits per heavy atom. The second kappa shape index (κ2) is 8.69. The molecule has 1 amide bonds. The second-order valence-electron chi connectivity index (χ2n) is 6.54. The highest BCUT2D eigenvalue weighted by atomic mass is 32.2. The van der Waals surface area contributed by atoms with E-state index in [1.54, 1.807) is 0 Å². The zero-order chi connectivity index (χ0) is 20.2. The Kier molecular flexibility index (Phi) is 6.80. The van der Waals surface area contributed by atoms with E-state index in [0.29, 0.717) is 12.8 Å². The molecule has 0 spiro atoms. The normalized spacial score (nSPS) is 19.3. The zero-order valence-corrected chi connectivity index (χ0v) is 16.4. The van der Waals surface area contributed by atoms with E-state index < -0.39 is 40.2 Å². The SMILES string of the molecule is CC[C@@H](C)N(C(=O)COC(=O)c1ccc(OC)c(F)c1)[C@@H]1CCS(=O)(=O)C1. The third-order valence-electron chi connectivity index (χ3n) is 4.67. The number of amides is 1. The Bertz CT molecular complexity index is 810. The topological polar surface area (TPSA) is 90.0 Å². The van der Waals surface area contributed by atoms with Gasteiger partial charge in [-0.3, -0.25) is 4.79 Å². The van der Waals surface area contributed by atoms with Crippen LogP contribution in [-0.2, 0) is 19.4 Å². The number of hydrogen-bond acceptors (Lipinski definition) is 6. The molecule has 1 saturated heterocycles. The predicted molar refractivity (Wildman–Crippen MR) is 96.9 cm³/mol. The summed E-state index contributed by atoms with van der Waals surface area (Å²) < 4.78 is 47.0. The van der Waals surface area contributed by atoms with Crippen LogP contribution in [0.2, 0.25) is 0 Å². The number of carbonyl (C=O) groups excluding carboxylic acids is 2. The number of ether oxygens (including phenoxy) is 2. The number of nitrogens with zero attached hydrogens (tertiary/aromatic N) is 1. The number of esters is 1. The van der Waals surface area contributed by atoms with Gasteiger partial charge in [-0.05, 0) is 38.0 Å². The molecule has 2 atom stereocenters. The molecule has 0 aliphatic carbocycles. The Balaban J connectivity index is 2.04. The maximum atomic E-state index is 13.7. The van der Waals surface area contributed by atoms with Gasteiger partial charge in [-0.2, -0.15) is 0 Å². The molecule has 27 heavy (non-hydrogen) atoms. The van der Waals surface area contributed by atoms with Crippen molar-refractivity contribution in [2.75, 3.05) is 25.2 Å². The average Bonchev–Trinajstić information content (AvgIpc) is 2.98. The van der Waals surface area contributed by atoms with E-state index in [1.165, 1.54) is 24.1 Å². The van der Waals surface area contributed by atoms with Gasteiger partial charge in [0.2, 0.25) is 0 Å². The van der Waals surface area contributed by atoms with Crippen LogP contribution in [0.3, 0.4) is 0 Å². The molecule has 1 aromatic carbocycles. The van der Waals surface area contributed by atoms with Crippen molar-refractivity contribution in [3.05, 3.63) is 29.6 Å². The van der Waals surface area contributed by atoms with Crippen molar-refractivity contribution < 1.29 is 31.9 Å². The van der Waals surface area contributed by atoms with Gasteiger partial charge in [0.05, 0.1) is 24.2 Å². The van der Waals surface area contributed by atoms with Crippen molar-refractivity contribution in [3.8, 4) is 5.75 Å². The van der Waals surface area contributed by atoms with Gasteiger partial charge in [-0.1, -0.05) is 6.92 Å². The van der Waals surface area contributed by atoms with Crippen molar-refractivity contribution in [1.82, 2.24) is 4.90 Å². The van der Waals surface area contributed by atoms with Crippen LogP contribution in [0, 0.1) is 5.82 Å². The first-order chi connectivity index (χ1) is 12.7. The monoisotopic (exact) mass is 401 g/mol. The summed E-state index contributed by atoms with van der Waals surface area (Å²) in [7, 11) is -1.85. The maximum Gasteiger partial charge on any atom is 0.338 e. The standard InChI is InChI=1S/C18H24FNO6S/c1-4-12(2)20(14-7-8-27(23,24)11-14)17(21)10-26-18(22)13-5-6-16(25-3)15(19)9-13/h5-6,9,12,14H,4,7-8,10-11H2,1-3H3/t12-,14-/m1/s1. The summed E-state index contributed by atoms with van der Waals surface area (Å²) in [5.74, 6) is -2.06. The molecule has 0 N–H and O–H groups in total. The molecule has 1 fully saturated rings. The van der Waals surface area contributed by atoms with Crippen LogP contribution in [0.15, 0.2) is 18.2 Å². The Hall–Kier alpha value is -2.16. The third-order valence-corrected chi connectivity index (χ3v) is 6.42. The fourth-order valence-corrected chi connectivity index (χ4v) is 4.79. The lowest BCUT2D eigenvalue weighted by molar-refractivity contribution is -0.138. The minimum atomic E-state index is -3.16. The molecular weight excluding hydrogens is 377 g/mol. The highest BCUT2D eigenvalue weighted by molar-refractivity contribution is 7.91. The van der Waals surface area contributed by atoms with Crippen molar-refractivity contribution in [2.45, 2.75) is 38.8 Å². The Morgan fingerprint density at radius 3 is 2.59 bits per heavy atom. The molecule has 1 aromatic rings. The van der Waals surface area contributed by atoms with E-state index in [4.69, 9.17) is 9.47 Å². The van der Waals surface area contributed by atoms with Crippen LogP contribution in [0.5, 0.6) is 5.75 Å². The maximum absolute atomic E-state index is 13.7. The molecule has 0 saturated carbocycles. The van der Waals surface area contributed by atoms with Gasteiger partial charge < -0.3 is 14.4 Å². The molecule has 0 unspecified atom stereocenters. The van der Waals surface area contributed by atoms with Gasteiger partial charge in [0.25, 0.3) is 5.91 Å². The first kappa shape index (κ1) is 21.1. The molecule has 1 aliphatic rings. The Morgan fingerprint density at radius 2 is 2.07 bits per heavy atom. The number of methoxy groups -OCH3 is 1. The fraction of sp³-hybridized carbons (Fsp3) is 0.556. The first-order valence-corrected chi connectivity index (χ1v) is 10.5. The summed E-state index contributed by atoms with van der Waals surface area (Å²) in [6.07, 6.45) is 1.01. The lowest BCUT2D eigenvalue weighted by atomic mass is 10.1. The predicted octanol–water partition coefficient (Wildman–Crippen LogP) is 1.81. The fourth-order valence-electron chi connectivity index (χ4n) is 3.08. The van der Waals surface area contributed by atoms with E-state index >= 15 is 0 Å². The summed E-state index contributed by atoms with van der Waals surface area (Å²) in [5, 5.41) is 0. The van der Waals surface area contributed by atoms with Crippen LogP contribution in [0.25, 0.3) is 0 Å². The number of rotatable bonds is 7. The van der Waals surface area contributed by atoms with Crippen molar-refractivity contribution in [3.63, 3.8) is 0 Å². The van der Waals surface area contributed by atoms with Crippen LogP contribution < -0.4 is 4.74 Å². The molecule has 0 radical (unpaired) electrons. The second-order valence-corrected chi connectivity index (χ2v) is 8.77. The summed E-state index contributed by atoms with van der Waals surface area (Å²) in [5.41, 5.74) is -0.0420. The first-order valence-electron chi connectivity index (χ1n) is 8.70. The highest BCUT2D eigenvalue weighted by Gasteiger charge is 2.36.